The van der Waals surface area contributed by atoms with Crippen molar-refractivity contribution in [2.45, 2.75) is 19.7 Å². The number of alkyl halides is 3. The molecule has 0 aliphatic rings. The van der Waals surface area contributed by atoms with Crippen molar-refractivity contribution in [1.82, 2.24) is 4.98 Å². The van der Waals surface area contributed by atoms with Crippen LogP contribution in [0, 0.1) is 6.92 Å². The highest BCUT2D eigenvalue weighted by atomic mass is 32.1. The molecule has 0 radical (unpaired) electrons. The van der Waals surface area contributed by atoms with Gasteiger partial charge in [0.1, 0.15) is 18.1 Å². The summed E-state index contributed by atoms with van der Waals surface area (Å²) in [6.45, 7) is 2.31. The van der Waals surface area contributed by atoms with Crippen LogP contribution in [0.1, 0.15) is 16.7 Å². The van der Waals surface area contributed by atoms with Crippen LogP contribution in [0.3, 0.4) is 0 Å². The Morgan fingerprint density at radius 3 is 2.31 bits per heavy atom. The van der Waals surface area contributed by atoms with E-state index in [0.717, 1.165) is 51.4 Å². The van der Waals surface area contributed by atoms with Gasteiger partial charge in [-0.25, -0.2) is 4.98 Å². The summed E-state index contributed by atoms with van der Waals surface area (Å²) in [5, 5.41) is 1.95. The maximum atomic E-state index is 12.8. The first-order valence-electron chi connectivity index (χ1n) is 9.81. The monoisotopic (exact) mass is 455 g/mol. The highest BCUT2D eigenvalue weighted by molar-refractivity contribution is 7.07. The Balaban J connectivity index is 1.53. The zero-order valence-electron chi connectivity index (χ0n) is 17.4. The molecular weight excluding hydrogens is 435 g/mol. The molecule has 0 aliphatic heterocycles. The third-order valence-corrected chi connectivity index (χ3v) is 5.75. The van der Waals surface area contributed by atoms with E-state index in [4.69, 9.17) is 9.47 Å². The smallest absolute Gasteiger partial charge is 0.416 e. The minimum atomic E-state index is -4.34. The zero-order valence-corrected chi connectivity index (χ0v) is 18.3. The van der Waals surface area contributed by atoms with E-state index >= 15 is 0 Å². The lowest BCUT2D eigenvalue weighted by atomic mass is 9.99. The van der Waals surface area contributed by atoms with E-state index in [9.17, 15) is 13.2 Å². The van der Waals surface area contributed by atoms with E-state index < -0.39 is 11.7 Å². The maximum Gasteiger partial charge on any atom is 0.416 e. The lowest BCUT2D eigenvalue weighted by Gasteiger charge is -2.14. The summed E-state index contributed by atoms with van der Waals surface area (Å²) in [5.74, 6) is 1.42. The van der Waals surface area contributed by atoms with Gasteiger partial charge in [0.05, 0.1) is 23.9 Å². The Bertz CT molecular complexity index is 1200. The molecule has 4 aromatic rings. The second kappa shape index (κ2) is 9.04. The van der Waals surface area contributed by atoms with Crippen LogP contribution in [0.5, 0.6) is 11.5 Å². The van der Waals surface area contributed by atoms with Crippen LogP contribution < -0.4 is 9.47 Å². The predicted octanol–water partition coefficient (Wildman–Crippen LogP) is 7.39. The first-order valence-corrected chi connectivity index (χ1v) is 10.8. The van der Waals surface area contributed by atoms with Crippen LogP contribution in [0.25, 0.3) is 22.4 Å². The number of hydrogen-bond acceptors (Lipinski definition) is 4. The van der Waals surface area contributed by atoms with Gasteiger partial charge >= 0.3 is 6.18 Å². The van der Waals surface area contributed by atoms with Gasteiger partial charge in [0, 0.05) is 10.9 Å². The number of aromatic nitrogens is 1. The zero-order chi connectivity index (χ0) is 22.7. The van der Waals surface area contributed by atoms with Crippen molar-refractivity contribution in [2.75, 3.05) is 7.11 Å². The molecule has 0 aliphatic carbocycles. The fourth-order valence-electron chi connectivity index (χ4n) is 3.35. The van der Waals surface area contributed by atoms with Crippen molar-refractivity contribution in [1.29, 1.82) is 0 Å². The third kappa shape index (κ3) is 4.78. The van der Waals surface area contributed by atoms with E-state index in [0.29, 0.717) is 12.4 Å². The van der Waals surface area contributed by atoms with Crippen LogP contribution in [0.2, 0.25) is 0 Å². The second-order valence-corrected chi connectivity index (χ2v) is 7.96. The summed E-state index contributed by atoms with van der Waals surface area (Å²) in [4.78, 5) is 4.37. The maximum absolute atomic E-state index is 12.8. The number of aryl methyl sites for hydroxylation is 1. The molecule has 32 heavy (non-hydrogen) atoms. The van der Waals surface area contributed by atoms with Crippen molar-refractivity contribution in [3.05, 3.63) is 88.2 Å². The molecule has 0 unspecified atom stereocenters. The molecule has 0 saturated carbocycles. The van der Waals surface area contributed by atoms with Crippen LogP contribution in [0.4, 0.5) is 13.2 Å². The number of ether oxygens (including phenoxy) is 2. The van der Waals surface area contributed by atoms with Crippen molar-refractivity contribution in [3.63, 3.8) is 0 Å². The average molecular weight is 456 g/mol. The Kier molecular flexibility index (Phi) is 6.19. The fraction of sp³-hybridized carbons (Fsp3) is 0.160. The van der Waals surface area contributed by atoms with Crippen LogP contribution in [-0.4, -0.2) is 12.1 Å². The van der Waals surface area contributed by atoms with E-state index in [1.807, 2.05) is 48.7 Å². The normalized spacial score (nSPS) is 11.4. The Hall–Kier alpha value is -3.32. The summed E-state index contributed by atoms with van der Waals surface area (Å²) >= 11 is 1.51. The molecule has 164 valence electrons. The molecule has 0 saturated heterocycles. The highest BCUT2D eigenvalue weighted by Crippen LogP contribution is 2.35. The van der Waals surface area contributed by atoms with Crippen LogP contribution in [-0.2, 0) is 12.8 Å². The number of nitrogens with zero attached hydrogens (tertiary/aromatic N) is 1. The molecule has 0 fully saturated rings. The minimum absolute atomic E-state index is 0.350. The van der Waals surface area contributed by atoms with E-state index in [-0.39, 0.29) is 0 Å². The summed E-state index contributed by atoms with van der Waals surface area (Å²) < 4.78 is 49.8. The van der Waals surface area contributed by atoms with Gasteiger partial charge in [-0.2, -0.15) is 13.2 Å². The minimum Gasteiger partial charge on any atom is -0.497 e. The molecule has 7 heteroatoms. The molecular formula is C25H20F3NO2S. The van der Waals surface area contributed by atoms with Gasteiger partial charge in [0.2, 0.25) is 0 Å². The number of halogens is 3. The molecule has 3 nitrogen and oxygen atoms in total. The SMILES string of the molecule is COc1ccc(OCc2ccc(-c3ccc(C(F)(F)F)cc3)cc2C)c(-c2cscn2)c1. The van der Waals surface area contributed by atoms with Gasteiger partial charge in [-0.3, -0.25) is 0 Å². The summed E-state index contributed by atoms with van der Waals surface area (Å²) in [7, 11) is 1.61. The second-order valence-electron chi connectivity index (χ2n) is 7.24. The first kappa shape index (κ1) is 21.9. The molecule has 0 N–H and O–H groups in total. The number of benzene rings is 3. The molecule has 0 amide bonds. The third-order valence-electron chi connectivity index (χ3n) is 5.17. The summed E-state index contributed by atoms with van der Waals surface area (Å²) in [6.07, 6.45) is -4.34. The Morgan fingerprint density at radius 1 is 0.938 bits per heavy atom. The van der Waals surface area contributed by atoms with E-state index in [2.05, 4.69) is 4.98 Å². The molecule has 0 bridgehead atoms. The van der Waals surface area contributed by atoms with Gasteiger partial charge in [0.15, 0.2) is 0 Å². The predicted molar refractivity (Wildman–Crippen MR) is 120 cm³/mol. The Labute approximate surface area is 188 Å². The van der Waals surface area contributed by atoms with Gasteiger partial charge in [0.25, 0.3) is 0 Å². The largest absolute Gasteiger partial charge is 0.497 e. The molecule has 1 heterocycles. The van der Waals surface area contributed by atoms with Gasteiger partial charge < -0.3 is 9.47 Å². The first-order chi connectivity index (χ1) is 15.3. The van der Waals surface area contributed by atoms with Crippen LogP contribution >= 0.6 is 11.3 Å². The summed E-state index contributed by atoms with van der Waals surface area (Å²) in [6, 6.07) is 16.6. The quantitative estimate of drug-likeness (QED) is 0.304. The molecule has 1 aromatic heterocycles. The fourth-order valence-corrected chi connectivity index (χ4v) is 3.90. The Morgan fingerprint density at radius 2 is 1.69 bits per heavy atom. The topological polar surface area (TPSA) is 31.4 Å². The van der Waals surface area contributed by atoms with E-state index in [1.165, 1.54) is 23.5 Å². The molecule has 0 atom stereocenters. The standard InChI is InChI=1S/C25H20F3NO2S/c1-16-11-18(17-5-7-20(8-6-17)25(26,27)28)3-4-19(16)13-31-24-10-9-21(30-2)12-22(24)23-14-32-15-29-23/h3-12,14-15H,13H2,1-2H3. The molecule has 4 rings (SSSR count). The van der Waals surface area contributed by atoms with Gasteiger partial charge in [-0.15, -0.1) is 11.3 Å². The highest BCUT2D eigenvalue weighted by Gasteiger charge is 2.29. The lowest BCUT2D eigenvalue weighted by Crippen LogP contribution is -2.04. The number of rotatable bonds is 6. The van der Waals surface area contributed by atoms with Crippen LogP contribution in [0.15, 0.2) is 71.6 Å². The molecule has 3 aromatic carbocycles. The van der Waals surface area contributed by atoms with E-state index in [1.54, 1.807) is 12.6 Å². The lowest BCUT2D eigenvalue weighted by molar-refractivity contribution is -0.137. The van der Waals surface area contributed by atoms with Crippen molar-refractivity contribution in [3.8, 4) is 33.9 Å². The number of thiazole rings is 1. The summed E-state index contributed by atoms with van der Waals surface area (Å²) in [5.41, 5.74) is 6.35. The van der Waals surface area contributed by atoms with Gasteiger partial charge in [-0.1, -0.05) is 30.3 Å². The van der Waals surface area contributed by atoms with Gasteiger partial charge in [-0.05, 0) is 59.5 Å². The number of methoxy groups -OCH3 is 1. The van der Waals surface area contributed by atoms with Crippen molar-refractivity contribution >= 4 is 11.3 Å². The molecule has 0 spiro atoms. The number of hydrogen-bond donors (Lipinski definition) is 0. The van der Waals surface area contributed by atoms with Crippen molar-refractivity contribution in [2.24, 2.45) is 0 Å². The average Bonchev–Trinajstić information content (AvgIpc) is 3.32. The van der Waals surface area contributed by atoms with Crippen molar-refractivity contribution < 1.29 is 22.6 Å².